The highest BCUT2D eigenvalue weighted by molar-refractivity contribution is 7.22. The van der Waals surface area contributed by atoms with Gasteiger partial charge in [0.25, 0.3) is 0 Å². The molecule has 62 heavy (non-hydrogen) atoms. The Morgan fingerprint density at radius 2 is 0.742 bits per heavy atom. The Labute approximate surface area is 367 Å². The highest BCUT2D eigenvalue weighted by atomic mass is 32.1. The molecule has 0 aliphatic carbocycles. The molecule has 0 unspecified atom stereocenters. The lowest BCUT2D eigenvalue weighted by atomic mass is 9.63. The van der Waals surface area contributed by atoms with Crippen molar-refractivity contribution in [1.29, 1.82) is 0 Å². The molecule has 1 aliphatic heterocycles. The van der Waals surface area contributed by atoms with Gasteiger partial charge in [-0.3, -0.25) is 0 Å². The summed E-state index contributed by atoms with van der Waals surface area (Å²) in [5.74, 6) is 1.76. The summed E-state index contributed by atoms with van der Waals surface area (Å²) in [6.07, 6.45) is 0. The second kappa shape index (κ2) is 14.9. The van der Waals surface area contributed by atoms with Gasteiger partial charge in [-0.2, -0.15) is 0 Å². The molecule has 0 atom stereocenters. The zero-order chi connectivity index (χ0) is 41.0. The monoisotopic (exact) mass is 828 g/mol. The van der Waals surface area contributed by atoms with Crippen LogP contribution in [0.3, 0.4) is 0 Å². The molecule has 0 radical (unpaired) electrons. The summed E-state index contributed by atoms with van der Waals surface area (Å²) < 4.78 is 8.89. The maximum absolute atomic E-state index is 6.53. The Balaban J connectivity index is 0.928. The van der Waals surface area contributed by atoms with Crippen LogP contribution in [0.2, 0.25) is 0 Å². The third-order valence-corrected chi connectivity index (χ3v) is 14.2. The smallest absolute Gasteiger partial charge is 0.132 e. The first kappa shape index (κ1) is 36.4. The van der Waals surface area contributed by atoms with E-state index in [0.29, 0.717) is 0 Å². The zero-order valence-corrected chi connectivity index (χ0v) is 35.0. The van der Waals surface area contributed by atoms with E-state index in [2.05, 4.69) is 218 Å². The van der Waals surface area contributed by atoms with Gasteiger partial charge in [-0.25, -0.2) is 9.97 Å². The van der Waals surface area contributed by atoms with E-state index in [1.54, 1.807) is 22.7 Å². The average molecular weight is 829 g/mol. The molecule has 0 spiro atoms. The van der Waals surface area contributed by atoms with Crippen LogP contribution in [0.1, 0.15) is 22.3 Å². The summed E-state index contributed by atoms with van der Waals surface area (Å²) in [5, 5.41) is 2.01. The third kappa shape index (κ3) is 6.16. The van der Waals surface area contributed by atoms with E-state index < -0.39 is 5.41 Å². The van der Waals surface area contributed by atoms with Gasteiger partial charge < -0.3 is 4.74 Å². The van der Waals surface area contributed by atoms with Gasteiger partial charge in [0.05, 0.1) is 25.8 Å². The van der Waals surface area contributed by atoms with E-state index in [0.717, 1.165) is 88.2 Å². The summed E-state index contributed by atoms with van der Waals surface area (Å²) in [4.78, 5) is 10.1. The number of hydrogen-bond donors (Lipinski definition) is 0. The maximum atomic E-state index is 6.53. The van der Waals surface area contributed by atoms with Crippen molar-refractivity contribution in [3.8, 4) is 66.0 Å². The van der Waals surface area contributed by atoms with Crippen molar-refractivity contribution in [3.05, 3.63) is 241 Å². The molecular formula is C57H36N2OS2. The van der Waals surface area contributed by atoms with Gasteiger partial charge in [-0.05, 0) is 111 Å². The SMILES string of the molecule is c1ccc(C2(c3ccc(-c4cccc(-c5cccc(-c6cc(-c7nc8ccccc8s7)cc(-c7nc8ccccc8s7)c6)c5)c4)cc3)c3ccccc3Oc3ccccc32)cc1. The fourth-order valence-corrected chi connectivity index (χ4v) is 11.1. The van der Waals surface area contributed by atoms with Crippen LogP contribution in [0, 0.1) is 0 Å². The predicted octanol–water partition coefficient (Wildman–Crippen LogP) is 15.7. The lowest BCUT2D eigenvalue weighted by Crippen LogP contribution is -2.34. The number of benzene rings is 9. The molecule has 11 aromatic rings. The van der Waals surface area contributed by atoms with E-state index >= 15 is 0 Å². The number of aromatic nitrogens is 2. The number of nitrogens with zero attached hydrogens (tertiary/aromatic N) is 2. The standard InChI is InChI=1S/C57H36N2OS2/c1-2-18-45(19-3-1)57(47-20-4-8-24-51(47)60-52-25-9-5-21-48(52)57)46-30-28-37(29-31-46)38-14-12-15-39(32-38)40-16-13-17-41(33-40)42-34-43(55-58-49-22-6-10-26-53(49)61-55)36-44(35-42)56-59-50-23-7-11-27-54(50)62-56/h1-36H. The van der Waals surface area contributed by atoms with E-state index in [-0.39, 0.29) is 0 Å². The molecule has 12 rings (SSSR count). The molecule has 5 heteroatoms. The number of rotatable bonds is 7. The van der Waals surface area contributed by atoms with E-state index in [1.807, 2.05) is 0 Å². The van der Waals surface area contributed by atoms with Crippen LogP contribution >= 0.6 is 22.7 Å². The van der Waals surface area contributed by atoms with Crippen LogP contribution in [0.4, 0.5) is 0 Å². The summed E-state index contributed by atoms with van der Waals surface area (Å²) >= 11 is 3.46. The summed E-state index contributed by atoms with van der Waals surface area (Å²) in [6, 6.07) is 78.2. The Morgan fingerprint density at radius 3 is 1.29 bits per heavy atom. The summed E-state index contributed by atoms with van der Waals surface area (Å²) in [5.41, 5.74) is 15.3. The molecule has 0 bridgehead atoms. The van der Waals surface area contributed by atoms with E-state index in [4.69, 9.17) is 14.7 Å². The molecule has 0 N–H and O–H groups in total. The minimum atomic E-state index is -0.551. The Kier molecular flexibility index (Phi) is 8.77. The van der Waals surface area contributed by atoms with Crippen molar-refractivity contribution in [1.82, 2.24) is 9.97 Å². The molecule has 0 saturated carbocycles. The van der Waals surface area contributed by atoms with Crippen molar-refractivity contribution in [2.24, 2.45) is 0 Å². The largest absolute Gasteiger partial charge is 0.457 e. The molecule has 292 valence electrons. The van der Waals surface area contributed by atoms with Crippen LogP contribution in [-0.4, -0.2) is 9.97 Å². The lowest BCUT2D eigenvalue weighted by molar-refractivity contribution is 0.434. The molecule has 0 fully saturated rings. The molecular weight excluding hydrogens is 793 g/mol. The Bertz CT molecular complexity index is 3250. The molecule has 9 aromatic carbocycles. The van der Waals surface area contributed by atoms with Gasteiger partial charge in [0, 0.05) is 22.3 Å². The molecule has 1 aliphatic rings. The molecule has 3 heterocycles. The minimum Gasteiger partial charge on any atom is -0.457 e. The number of fused-ring (bicyclic) bond motifs is 4. The predicted molar refractivity (Wildman–Crippen MR) is 258 cm³/mol. The lowest BCUT2D eigenvalue weighted by Gasteiger charge is -2.41. The van der Waals surface area contributed by atoms with Crippen molar-refractivity contribution < 1.29 is 4.74 Å². The minimum absolute atomic E-state index is 0.551. The van der Waals surface area contributed by atoms with Gasteiger partial charge in [-0.15, -0.1) is 22.7 Å². The molecule has 0 amide bonds. The van der Waals surface area contributed by atoms with Crippen LogP contribution in [0.15, 0.2) is 218 Å². The summed E-state index contributed by atoms with van der Waals surface area (Å²) in [7, 11) is 0. The summed E-state index contributed by atoms with van der Waals surface area (Å²) in [6.45, 7) is 0. The number of para-hydroxylation sites is 4. The first-order valence-corrected chi connectivity index (χ1v) is 22.4. The van der Waals surface area contributed by atoms with E-state index in [1.165, 1.54) is 20.5 Å². The van der Waals surface area contributed by atoms with Gasteiger partial charge in [0.1, 0.15) is 21.5 Å². The third-order valence-electron chi connectivity index (χ3n) is 12.1. The first-order valence-electron chi connectivity index (χ1n) is 20.8. The highest BCUT2D eigenvalue weighted by Crippen LogP contribution is 2.55. The maximum Gasteiger partial charge on any atom is 0.132 e. The van der Waals surface area contributed by atoms with Crippen LogP contribution < -0.4 is 4.74 Å². The van der Waals surface area contributed by atoms with Crippen molar-refractivity contribution >= 4 is 43.1 Å². The van der Waals surface area contributed by atoms with Crippen molar-refractivity contribution in [3.63, 3.8) is 0 Å². The van der Waals surface area contributed by atoms with Crippen molar-refractivity contribution in [2.45, 2.75) is 5.41 Å². The second-order valence-corrected chi connectivity index (χ2v) is 17.8. The van der Waals surface area contributed by atoms with Crippen molar-refractivity contribution in [2.75, 3.05) is 0 Å². The normalized spacial score (nSPS) is 12.8. The number of ether oxygens (including phenoxy) is 1. The quantitative estimate of drug-likeness (QED) is 0.161. The van der Waals surface area contributed by atoms with Gasteiger partial charge in [-0.1, -0.05) is 152 Å². The van der Waals surface area contributed by atoms with E-state index in [9.17, 15) is 0 Å². The average Bonchev–Trinajstić information content (AvgIpc) is 3.99. The second-order valence-electron chi connectivity index (χ2n) is 15.7. The molecule has 2 aromatic heterocycles. The number of hydrogen-bond acceptors (Lipinski definition) is 5. The molecule has 3 nitrogen and oxygen atoms in total. The fourth-order valence-electron chi connectivity index (χ4n) is 9.17. The molecule has 0 saturated heterocycles. The number of thiazole rings is 2. The van der Waals surface area contributed by atoms with Crippen LogP contribution in [0.25, 0.3) is 75.0 Å². The Hall–Kier alpha value is -7.44. The first-order chi connectivity index (χ1) is 30.7. The Morgan fingerprint density at radius 1 is 0.323 bits per heavy atom. The topological polar surface area (TPSA) is 35.0 Å². The van der Waals surface area contributed by atoms with Gasteiger partial charge in [0.2, 0.25) is 0 Å². The zero-order valence-electron chi connectivity index (χ0n) is 33.4. The van der Waals surface area contributed by atoms with Gasteiger partial charge >= 0.3 is 0 Å². The fraction of sp³-hybridized carbons (Fsp3) is 0.0175. The highest BCUT2D eigenvalue weighted by Gasteiger charge is 2.45. The van der Waals surface area contributed by atoms with Crippen LogP contribution in [0.5, 0.6) is 11.5 Å². The van der Waals surface area contributed by atoms with Crippen LogP contribution in [-0.2, 0) is 5.41 Å². The van der Waals surface area contributed by atoms with Gasteiger partial charge in [0.15, 0.2) is 0 Å².